The van der Waals surface area contributed by atoms with Crippen molar-refractivity contribution in [1.82, 2.24) is 9.97 Å². The molecule has 0 saturated heterocycles. The van der Waals surface area contributed by atoms with Gasteiger partial charge < -0.3 is 10.5 Å². The Morgan fingerprint density at radius 2 is 2.19 bits per heavy atom. The van der Waals surface area contributed by atoms with E-state index in [-0.39, 0.29) is 5.95 Å². The van der Waals surface area contributed by atoms with E-state index in [1.807, 2.05) is 31.2 Å². The molecule has 1 aromatic heterocycles. The molecule has 2 rings (SSSR count). The van der Waals surface area contributed by atoms with Crippen LogP contribution >= 0.6 is 15.9 Å². The van der Waals surface area contributed by atoms with E-state index in [0.29, 0.717) is 11.4 Å². The van der Waals surface area contributed by atoms with Crippen molar-refractivity contribution in [3.8, 4) is 11.5 Å². The van der Waals surface area contributed by atoms with Crippen LogP contribution in [0.5, 0.6) is 11.5 Å². The molecule has 16 heavy (non-hydrogen) atoms. The van der Waals surface area contributed by atoms with Crippen LogP contribution in [0.4, 0.5) is 5.95 Å². The number of ether oxygens (including phenoxy) is 1. The second kappa shape index (κ2) is 4.49. The van der Waals surface area contributed by atoms with Gasteiger partial charge in [-0.3, -0.25) is 0 Å². The summed E-state index contributed by atoms with van der Waals surface area (Å²) in [6, 6.07) is 7.56. The summed E-state index contributed by atoms with van der Waals surface area (Å²) < 4.78 is 6.59. The maximum Gasteiger partial charge on any atom is 0.220 e. The molecule has 0 bridgehead atoms. The van der Waals surface area contributed by atoms with Gasteiger partial charge in [0.2, 0.25) is 5.95 Å². The van der Waals surface area contributed by atoms with Gasteiger partial charge in [-0.05, 0) is 25.1 Å². The number of halogens is 1. The van der Waals surface area contributed by atoms with Gasteiger partial charge >= 0.3 is 0 Å². The summed E-state index contributed by atoms with van der Waals surface area (Å²) in [7, 11) is 0. The molecule has 0 aliphatic carbocycles. The van der Waals surface area contributed by atoms with Crippen molar-refractivity contribution in [3.63, 3.8) is 0 Å². The molecule has 0 amide bonds. The molecule has 0 fully saturated rings. The van der Waals surface area contributed by atoms with E-state index in [0.717, 1.165) is 10.2 Å². The van der Waals surface area contributed by atoms with Gasteiger partial charge in [0.15, 0.2) is 5.75 Å². The average Bonchev–Trinajstić information content (AvgIpc) is 2.22. The molecule has 0 aliphatic heterocycles. The zero-order chi connectivity index (χ0) is 11.5. The Kier molecular flexibility index (Phi) is 3.05. The Hall–Kier alpha value is -1.62. The Bertz CT molecular complexity index is 516. The van der Waals surface area contributed by atoms with Crippen molar-refractivity contribution >= 4 is 21.9 Å². The summed E-state index contributed by atoms with van der Waals surface area (Å²) in [4.78, 5) is 7.91. The van der Waals surface area contributed by atoms with Crippen LogP contribution < -0.4 is 10.5 Å². The van der Waals surface area contributed by atoms with Gasteiger partial charge in [0.05, 0.1) is 11.9 Å². The number of hydrogen-bond acceptors (Lipinski definition) is 4. The first-order chi connectivity index (χ1) is 7.65. The number of nitrogens with zero attached hydrogens (tertiary/aromatic N) is 2. The fourth-order valence-electron chi connectivity index (χ4n) is 1.23. The van der Waals surface area contributed by atoms with Crippen LogP contribution in [-0.2, 0) is 0 Å². The minimum absolute atomic E-state index is 0.249. The van der Waals surface area contributed by atoms with E-state index in [4.69, 9.17) is 10.5 Å². The van der Waals surface area contributed by atoms with Gasteiger partial charge in [0.1, 0.15) is 5.75 Å². The van der Waals surface area contributed by atoms with Gasteiger partial charge in [-0.2, -0.15) is 0 Å². The molecule has 4 nitrogen and oxygen atoms in total. The largest absolute Gasteiger partial charge is 0.454 e. The minimum Gasteiger partial charge on any atom is -0.454 e. The van der Waals surface area contributed by atoms with Gasteiger partial charge in [0.25, 0.3) is 0 Å². The van der Waals surface area contributed by atoms with Gasteiger partial charge in [-0.25, -0.2) is 9.97 Å². The molecule has 1 heterocycles. The molecule has 1 aromatic carbocycles. The Labute approximate surface area is 102 Å². The highest BCUT2D eigenvalue weighted by Gasteiger charge is 2.04. The standard InChI is InChI=1S/C11H10BrN3O/c1-7-10(6-14-11(13)15-7)16-9-4-2-3-8(12)5-9/h2-6H,1H3,(H2,13,14,15). The minimum atomic E-state index is 0.249. The van der Waals surface area contributed by atoms with Crippen molar-refractivity contribution in [3.05, 3.63) is 40.6 Å². The molecule has 0 saturated carbocycles. The maximum atomic E-state index is 5.63. The Morgan fingerprint density at radius 3 is 2.88 bits per heavy atom. The first-order valence-electron chi connectivity index (χ1n) is 4.67. The van der Waals surface area contributed by atoms with Crippen molar-refractivity contribution in [1.29, 1.82) is 0 Å². The van der Waals surface area contributed by atoms with E-state index in [2.05, 4.69) is 25.9 Å². The molecule has 0 radical (unpaired) electrons. The number of rotatable bonds is 2. The Balaban J connectivity index is 2.27. The topological polar surface area (TPSA) is 61.0 Å². The lowest BCUT2D eigenvalue weighted by molar-refractivity contribution is 0.473. The molecule has 82 valence electrons. The molecule has 0 aliphatic rings. The van der Waals surface area contributed by atoms with Crippen LogP contribution in [0.1, 0.15) is 5.69 Å². The molecule has 2 aromatic rings. The second-order valence-corrected chi connectivity index (χ2v) is 4.15. The third-order valence-corrected chi connectivity index (χ3v) is 2.47. The highest BCUT2D eigenvalue weighted by atomic mass is 79.9. The molecule has 0 unspecified atom stereocenters. The summed E-state index contributed by atoms with van der Waals surface area (Å²) in [6.45, 7) is 1.82. The van der Waals surface area contributed by atoms with E-state index in [1.165, 1.54) is 0 Å². The van der Waals surface area contributed by atoms with Crippen molar-refractivity contribution in [2.75, 3.05) is 5.73 Å². The van der Waals surface area contributed by atoms with Gasteiger partial charge in [-0.1, -0.05) is 22.0 Å². The molecular weight excluding hydrogens is 270 g/mol. The normalized spacial score (nSPS) is 10.1. The van der Waals surface area contributed by atoms with Crippen molar-refractivity contribution in [2.24, 2.45) is 0 Å². The number of aryl methyl sites for hydroxylation is 1. The number of aromatic nitrogens is 2. The van der Waals surface area contributed by atoms with Crippen LogP contribution in [0.3, 0.4) is 0 Å². The summed E-state index contributed by atoms with van der Waals surface area (Å²) in [5.74, 6) is 1.58. The highest BCUT2D eigenvalue weighted by molar-refractivity contribution is 9.10. The fraction of sp³-hybridized carbons (Fsp3) is 0.0909. The molecule has 0 atom stereocenters. The predicted octanol–water partition coefficient (Wildman–Crippen LogP) is 2.92. The number of benzene rings is 1. The van der Waals surface area contributed by atoms with Crippen molar-refractivity contribution in [2.45, 2.75) is 6.92 Å². The highest BCUT2D eigenvalue weighted by Crippen LogP contribution is 2.25. The summed E-state index contributed by atoms with van der Waals surface area (Å²) in [5, 5.41) is 0. The SMILES string of the molecule is Cc1nc(N)ncc1Oc1cccc(Br)c1. The Morgan fingerprint density at radius 1 is 1.38 bits per heavy atom. The quantitative estimate of drug-likeness (QED) is 0.918. The number of nitrogens with two attached hydrogens (primary N) is 1. The van der Waals surface area contributed by atoms with E-state index in [9.17, 15) is 0 Å². The maximum absolute atomic E-state index is 5.63. The first kappa shape index (κ1) is 10.9. The van der Waals surface area contributed by atoms with Gasteiger partial charge in [0, 0.05) is 4.47 Å². The molecule has 5 heteroatoms. The third kappa shape index (κ3) is 2.49. The molecule has 2 N–H and O–H groups in total. The molecular formula is C11H10BrN3O. The van der Waals surface area contributed by atoms with E-state index in [1.54, 1.807) is 6.20 Å². The number of hydrogen-bond donors (Lipinski definition) is 1. The number of nitrogen functional groups attached to an aromatic ring is 1. The monoisotopic (exact) mass is 279 g/mol. The van der Waals surface area contributed by atoms with E-state index >= 15 is 0 Å². The third-order valence-electron chi connectivity index (χ3n) is 1.98. The lowest BCUT2D eigenvalue weighted by Gasteiger charge is -2.07. The fourth-order valence-corrected chi connectivity index (χ4v) is 1.61. The summed E-state index contributed by atoms with van der Waals surface area (Å²) in [6.07, 6.45) is 1.57. The van der Waals surface area contributed by atoms with Crippen molar-refractivity contribution < 1.29 is 4.74 Å². The van der Waals surface area contributed by atoms with Crippen LogP contribution in [0.2, 0.25) is 0 Å². The zero-order valence-corrected chi connectivity index (χ0v) is 10.2. The smallest absolute Gasteiger partial charge is 0.220 e. The molecule has 0 spiro atoms. The van der Waals surface area contributed by atoms with Crippen LogP contribution in [0, 0.1) is 6.92 Å². The number of anilines is 1. The second-order valence-electron chi connectivity index (χ2n) is 3.24. The summed E-state index contributed by atoms with van der Waals surface area (Å²) in [5.41, 5.74) is 6.17. The van der Waals surface area contributed by atoms with Crippen LogP contribution in [0.15, 0.2) is 34.9 Å². The summed E-state index contributed by atoms with van der Waals surface area (Å²) >= 11 is 3.37. The van der Waals surface area contributed by atoms with Crippen LogP contribution in [-0.4, -0.2) is 9.97 Å². The zero-order valence-electron chi connectivity index (χ0n) is 8.64. The van der Waals surface area contributed by atoms with Gasteiger partial charge in [-0.15, -0.1) is 0 Å². The predicted molar refractivity (Wildman–Crippen MR) is 65.4 cm³/mol. The first-order valence-corrected chi connectivity index (χ1v) is 5.47. The lowest BCUT2D eigenvalue weighted by atomic mass is 10.3. The average molecular weight is 280 g/mol. The van der Waals surface area contributed by atoms with E-state index < -0.39 is 0 Å². The lowest BCUT2D eigenvalue weighted by Crippen LogP contribution is -1.98. The van der Waals surface area contributed by atoms with Crippen LogP contribution in [0.25, 0.3) is 0 Å².